The first kappa shape index (κ1) is 13.4. The van der Waals surface area contributed by atoms with E-state index in [1.165, 1.54) is 5.08 Å². The highest BCUT2D eigenvalue weighted by atomic mass is 32.2. The summed E-state index contributed by atoms with van der Waals surface area (Å²) in [6.45, 7) is 15.9. The quantitative estimate of drug-likeness (QED) is 0.706. The minimum absolute atomic E-state index is 0.882. The number of thioether (sulfide) groups is 2. The molecular formula is C9H24S2Si3. The van der Waals surface area contributed by atoms with Gasteiger partial charge in [0.1, 0.15) is 0 Å². The van der Waals surface area contributed by atoms with Crippen LogP contribution >= 0.6 is 23.5 Å². The molecule has 0 unspecified atom stereocenters. The molecule has 14 heavy (non-hydrogen) atoms. The van der Waals surface area contributed by atoms with Crippen LogP contribution in [-0.2, 0) is 0 Å². The Balaban J connectivity index is 3.01. The van der Waals surface area contributed by atoms with Crippen molar-refractivity contribution in [2.75, 3.05) is 15.8 Å². The minimum atomic E-state index is -0.883. The highest BCUT2D eigenvalue weighted by molar-refractivity contribution is 8.21. The maximum Gasteiger partial charge on any atom is 0.0632 e. The van der Waals surface area contributed by atoms with Gasteiger partial charge in [-0.05, 0) is 10.8 Å². The summed E-state index contributed by atoms with van der Waals surface area (Å²) in [5.41, 5.74) is 0. The Labute approximate surface area is 101 Å². The summed E-state index contributed by atoms with van der Waals surface area (Å²) in [5.74, 6) is 0. The Morgan fingerprint density at radius 1 is 0.786 bits per heavy atom. The summed E-state index contributed by atoms with van der Waals surface area (Å²) in [4.78, 5) is 0. The molecule has 1 fully saturated rings. The summed E-state index contributed by atoms with van der Waals surface area (Å²) in [6.07, 6.45) is 0. The molecule has 0 spiro atoms. The standard InChI is InChI=1S/C9H24S2Si3/c1-12(2,3)14(13(4,5)6)8-10-7-11-9-14/h7-9H2,1-6H3. The van der Waals surface area contributed by atoms with E-state index in [1.807, 2.05) is 0 Å². The van der Waals surface area contributed by atoms with Crippen molar-refractivity contribution in [2.45, 2.75) is 39.3 Å². The van der Waals surface area contributed by atoms with E-state index in [0.717, 1.165) is 0 Å². The molecule has 1 heterocycles. The fraction of sp³-hybridized carbons (Fsp3) is 1.00. The molecule has 1 saturated heterocycles. The Bertz CT molecular complexity index is 183. The van der Waals surface area contributed by atoms with Crippen LogP contribution < -0.4 is 0 Å². The first-order chi connectivity index (χ1) is 6.21. The van der Waals surface area contributed by atoms with E-state index < -0.39 is 22.3 Å². The molecule has 0 saturated carbocycles. The molecule has 1 rings (SSSR count). The van der Waals surface area contributed by atoms with Gasteiger partial charge in [0.05, 0.1) is 7.11 Å². The fourth-order valence-corrected chi connectivity index (χ4v) is 64.5. The summed E-state index contributed by atoms with van der Waals surface area (Å²) >= 11 is 4.50. The third-order valence-corrected chi connectivity index (χ3v) is 52.3. The SMILES string of the molecule is C[Si](C)(C)[Si]1([Si](C)(C)C)CSCSC1. The van der Waals surface area contributed by atoms with Crippen LogP contribution in [0.5, 0.6) is 0 Å². The molecule has 5 heteroatoms. The maximum atomic E-state index is 2.64. The second-order valence-electron chi connectivity index (χ2n) is 6.40. The van der Waals surface area contributed by atoms with E-state index in [2.05, 4.69) is 62.8 Å². The van der Waals surface area contributed by atoms with Gasteiger partial charge in [-0.3, -0.25) is 0 Å². The number of rotatable bonds is 2. The van der Waals surface area contributed by atoms with E-state index in [1.54, 1.807) is 10.8 Å². The van der Waals surface area contributed by atoms with Crippen molar-refractivity contribution >= 4 is 45.8 Å². The van der Waals surface area contributed by atoms with E-state index in [4.69, 9.17) is 0 Å². The smallest absolute Gasteiger partial charge is 0.0632 e. The largest absolute Gasteiger partial charge is 0.155 e. The Hall–Kier alpha value is 1.35. The monoisotopic (exact) mass is 280 g/mol. The van der Waals surface area contributed by atoms with E-state index >= 15 is 0 Å². The minimum Gasteiger partial charge on any atom is -0.155 e. The third-order valence-electron chi connectivity index (χ3n) is 3.73. The van der Waals surface area contributed by atoms with Gasteiger partial charge in [0.15, 0.2) is 0 Å². The molecule has 0 atom stereocenters. The van der Waals surface area contributed by atoms with Crippen molar-refractivity contribution in [3.63, 3.8) is 0 Å². The summed E-state index contributed by atoms with van der Waals surface area (Å²) < 4.78 is 0. The molecule has 0 N–H and O–H groups in total. The van der Waals surface area contributed by atoms with Crippen LogP contribution in [0.4, 0.5) is 0 Å². The van der Waals surface area contributed by atoms with Gasteiger partial charge in [-0.25, -0.2) is 0 Å². The Kier molecular flexibility index (Phi) is 4.13. The summed E-state index contributed by atoms with van der Waals surface area (Å²) in [5, 5.41) is 4.54. The maximum absolute atomic E-state index is 2.64. The van der Waals surface area contributed by atoms with Crippen LogP contribution in [0.25, 0.3) is 0 Å². The molecule has 1 aliphatic rings. The second kappa shape index (κ2) is 4.31. The average molecular weight is 281 g/mol. The molecule has 0 radical (unpaired) electrons. The van der Waals surface area contributed by atoms with E-state index in [0.29, 0.717) is 0 Å². The zero-order valence-electron chi connectivity index (χ0n) is 10.4. The van der Waals surface area contributed by atoms with E-state index in [9.17, 15) is 0 Å². The lowest BCUT2D eigenvalue weighted by molar-refractivity contribution is 1.67. The van der Waals surface area contributed by atoms with Gasteiger partial charge in [0, 0.05) is 20.3 Å². The zero-order valence-corrected chi connectivity index (χ0v) is 15.1. The van der Waals surface area contributed by atoms with Crippen molar-refractivity contribution in [1.82, 2.24) is 0 Å². The molecule has 0 nitrogen and oxygen atoms in total. The van der Waals surface area contributed by atoms with Gasteiger partial charge < -0.3 is 0 Å². The fourth-order valence-electron chi connectivity index (χ4n) is 2.52. The molecular weight excluding hydrogens is 256 g/mol. The predicted octanol–water partition coefficient (Wildman–Crippen LogP) is 3.78. The lowest BCUT2D eigenvalue weighted by Crippen LogP contribution is -2.76. The number of hydrogen-bond donors (Lipinski definition) is 0. The van der Waals surface area contributed by atoms with Gasteiger partial charge in [-0.1, -0.05) is 39.3 Å². The molecule has 1 aliphatic heterocycles. The van der Waals surface area contributed by atoms with Crippen LogP contribution in [0.2, 0.25) is 39.3 Å². The predicted molar refractivity (Wildman–Crippen MR) is 82.2 cm³/mol. The van der Waals surface area contributed by atoms with Crippen molar-refractivity contribution in [3.05, 3.63) is 0 Å². The molecule has 0 bridgehead atoms. The first-order valence-electron chi connectivity index (χ1n) is 5.36. The van der Waals surface area contributed by atoms with Crippen LogP contribution in [0.15, 0.2) is 0 Å². The van der Waals surface area contributed by atoms with E-state index in [-0.39, 0.29) is 0 Å². The third kappa shape index (κ3) is 2.36. The zero-order chi connectivity index (χ0) is 11.0. The molecule has 0 aromatic heterocycles. The van der Waals surface area contributed by atoms with Gasteiger partial charge in [0.25, 0.3) is 0 Å². The van der Waals surface area contributed by atoms with Crippen molar-refractivity contribution in [1.29, 1.82) is 0 Å². The average Bonchev–Trinajstić information content (AvgIpc) is 2.02. The summed E-state index contributed by atoms with van der Waals surface area (Å²) in [7, 11) is -2.65. The topological polar surface area (TPSA) is 0 Å². The number of hydrogen-bond acceptors (Lipinski definition) is 2. The van der Waals surface area contributed by atoms with Gasteiger partial charge in [-0.15, -0.1) is 0 Å². The van der Waals surface area contributed by atoms with Gasteiger partial charge >= 0.3 is 0 Å². The van der Waals surface area contributed by atoms with Crippen molar-refractivity contribution in [2.24, 2.45) is 0 Å². The summed E-state index contributed by atoms with van der Waals surface area (Å²) in [6, 6.07) is 0. The highest BCUT2D eigenvalue weighted by Crippen LogP contribution is 2.39. The molecule has 0 aliphatic carbocycles. The van der Waals surface area contributed by atoms with Crippen LogP contribution in [-0.4, -0.2) is 38.1 Å². The van der Waals surface area contributed by atoms with Gasteiger partial charge in [0.2, 0.25) is 0 Å². The normalized spacial score (nSPS) is 23.6. The lowest BCUT2D eigenvalue weighted by Gasteiger charge is -2.51. The lowest BCUT2D eigenvalue weighted by atomic mass is 11.8. The van der Waals surface area contributed by atoms with Crippen LogP contribution in [0.3, 0.4) is 0 Å². The molecule has 84 valence electrons. The van der Waals surface area contributed by atoms with Crippen LogP contribution in [0.1, 0.15) is 0 Å². The molecule has 0 aromatic rings. The van der Waals surface area contributed by atoms with Crippen molar-refractivity contribution in [3.8, 4) is 0 Å². The second-order valence-corrected chi connectivity index (χ2v) is 37.9. The van der Waals surface area contributed by atoms with Gasteiger partial charge in [-0.2, -0.15) is 23.5 Å². The molecule has 0 amide bonds. The Morgan fingerprint density at radius 2 is 1.14 bits per heavy atom. The van der Waals surface area contributed by atoms with Crippen molar-refractivity contribution < 1.29 is 0 Å². The highest BCUT2D eigenvalue weighted by Gasteiger charge is 2.54. The Morgan fingerprint density at radius 3 is 1.36 bits per heavy atom. The molecule has 0 aromatic carbocycles. The van der Waals surface area contributed by atoms with Crippen LogP contribution in [0, 0.1) is 0 Å². The first-order valence-corrected chi connectivity index (χ1v) is 19.1.